The zero-order valence-corrected chi connectivity index (χ0v) is 28.9. The lowest BCUT2D eigenvalue weighted by atomic mass is 9.92. The highest BCUT2D eigenvalue weighted by Crippen LogP contribution is 2.44. The van der Waals surface area contributed by atoms with E-state index < -0.39 is 54.4 Å². The molecule has 0 bridgehead atoms. The second-order valence-electron chi connectivity index (χ2n) is 13.0. The minimum absolute atomic E-state index is 0.0111. The Morgan fingerprint density at radius 1 is 0.389 bits per heavy atom. The van der Waals surface area contributed by atoms with Crippen LogP contribution in [-0.2, 0) is 0 Å². The first-order valence-corrected chi connectivity index (χ1v) is 17.7. The van der Waals surface area contributed by atoms with Gasteiger partial charge in [0.15, 0.2) is 0 Å². The number of hydrogen-bond donors (Lipinski definition) is 0. The summed E-state index contributed by atoms with van der Waals surface area (Å²) >= 11 is 0. The first-order chi connectivity index (χ1) is 30.5. The van der Waals surface area contributed by atoms with E-state index in [1.165, 1.54) is 0 Å². The van der Waals surface area contributed by atoms with E-state index in [9.17, 15) is 1.37 Å². The van der Waals surface area contributed by atoms with Gasteiger partial charge in [0.05, 0.1) is 12.3 Å². The van der Waals surface area contributed by atoms with Crippen molar-refractivity contribution in [1.82, 2.24) is 0 Å². The average molecular weight is 699 g/mol. The summed E-state index contributed by atoms with van der Waals surface area (Å²) in [7, 11) is 0. The zero-order chi connectivity index (χ0) is 43.7. The summed E-state index contributed by atoms with van der Waals surface area (Å²) in [6.45, 7) is 0. The summed E-state index contributed by atoms with van der Waals surface area (Å²) in [5.74, 6) is 0. The molecule has 0 spiro atoms. The molecule has 0 atom stereocenters. The number of fused-ring (bicyclic) bond motifs is 5. The molecule has 0 radical (unpaired) electrons. The van der Waals surface area contributed by atoms with E-state index >= 15 is 0 Å². The van der Waals surface area contributed by atoms with Crippen molar-refractivity contribution in [2.45, 2.75) is 0 Å². The minimum atomic E-state index is -0.617. The normalized spacial score (nSPS) is 13.7. The van der Waals surface area contributed by atoms with Crippen molar-refractivity contribution in [3.63, 3.8) is 0 Å². The van der Waals surface area contributed by atoms with Gasteiger partial charge in [0.2, 0.25) is 0 Å². The second-order valence-corrected chi connectivity index (χ2v) is 13.0. The van der Waals surface area contributed by atoms with Gasteiger partial charge >= 0.3 is 0 Å². The zero-order valence-electron chi connectivity index (χ0n) is 37.9. The molecule has 0 saturated carbocycles. The van der Waals surface area contributed by atoms with E-state index in [4.69, 9.17) is 15.4 Å². The summed E-state index contributed by atoms with van der Waals surface area (Å²) < 4.78 is 84.9. The molecule has 54 heavy (non-hydrogen) atoms. The number of benzene rings is 9. The lowest BCUT2D eigenvalue weighted by Crippen LogP contribution is -2.09. The molecule has 10 rings (SSSR count). The predicted octanol–water partition coefficient (Wildman–Crippen LogP) is 14.9. The fourth-order valence-corrected chi connectivity index (χ4v) is 7.32. The number of rotatable bonds is 7. The van der Waals surface area contributed by atoms with Crippen LogP contribution in [0.1, 0.15) is 12.3 Å². The highest BCUT2D eigenvalue weighted by molar-refractivity contribution is 6.22. The number of furan rings is 1. The molecule has 0 fully saturated rings. The molecule has 0 amide bonds. The van der Waals surface area contributed by atoms with E-state index in [0.29, 0.717) is 27.5 Å². The van der Waals surface area contributed by atoms with Gasteiger partial charge in [0, 0.05) is 33.2 Å². The molecule has 0 saturated heterocycles. The average Bonchev–Trinajstić information content (AvgIpc) is 3.71. The smallest absolute Gasteiger partial charge is 0.143 e. The van der Waals surface area contributed by atoms with Crippen LogP contribution in [0, 0.1) is 0 Å². The molecule has 9 aromatic carbocycles. The number of nitrogens with zero attached hydrogens (tertiary/aromatic N) is 1. The van der Waals surface area contributed by atoms with Gasteiger partial charge in [-0.15, -0.1) is 0 Å². The Morgan fingerprint density at radius 2 is 0.981 bits per heavy atom. The largest absolute Gasteiger partial charge is 0.455 e. The second kappa shape index (κ2) is 13.4. The van der Waals surface area contributed by atoms with Gasteiger partial charge in [-0.2, -0.15) is 0 Å². The van der Waals surface area contributed by atoms with Gasteiger partial charge in [0.1, 0.15) is 11.2 Å². The first kappa shape index (κ1) is 23.4. The molecule has 10 aromatic rings. The third-order valence-electron chi connectivity index (χ3n) is 9.83. The van der Waals surface area contributed by atoms with Crippen LogP contribution >= 0.6 is 0 Å². The van der Waals surface area contributed by atoms with Crippen molar-refractivity contribution in [1.29, 1.82) is 0 Å². The fourth-order valence-electron chi connectivity index (χ4n) is 7.32. The Balaban J connectivity index is 1.15. The van der Waals surface area contributed by atoms with Crippen molar-refractivity contribution >= 4 is 49.8 Å². The monoisotopic (exact) mass is 698 g/mol. The Kier molecular flexibility index (Phi) is 5.82. The maximum absolute atomic E-state index is 9.47. The lowest BCUT2D eigenvalue weighted by molar-refractivity contribution is 0.673. The Morgan fingerprint density at radius 3 is 1.72 bits per heavy atom. The minimum Gasteiger partial charge on any atom is -0.455 e. The molecule has 0 N–H and O–H groups in total. The van der Waals surface area contributed by atoms with Crippen molar-refractivity contribution < 1.29 is 16.8 Å². The topological polar surface area (TPSA) is 16.4 Å². The van der Waals surface area contributed by atoms with Gasteiger partial charge in [-0.05, 0) is 104 Å². The number of para-hydroxylation sites is 1. The van der Waals surface area contributed by atoms with Crippen molar-refractivity contribution in [3.8, 4) is 44.5 Å². The molecular weight excluding hydrogens is 655 g/mol. The molecular formula is C52H35NO. The molecule has 1 heterocycles. The maximum Gasteiger partial charge on any atom is 0.143 e. The Bertz CT molecular complexity index is 3400. The van der Waals surface area contributed by atoms with E-state index in [1.807, 2.05) is 66.7 Å². The van der Waals surface area contributed by atoms with Crippen LogP contribution in [0.2, 0.25) is 0 Å². The number of hydrogen-bond acceptors (Lipinski definition) is 2. The highest BCUT2D eigenvalue weighted by atomic mass is 16.3. The maximum atomic E-state index is 9.47. The van der Waals surface area contributed by atoms with Crippen LogP contribution in [0.3, 0.4) is 0 Å². The van der Waals surface area contributed by atoms with E-state index in [1.54, 1.807) is 18.2 Å². The van der Waals surface area contributed by atoms with E-state index in [2.05, 4.69) is 77.7 Å². The van der Waals surface area contributed by atoms with Crippen LogP contribution in [-0.4, -0.2) is 0 Å². The Hall–Kier alpha value is -7.16. The SMILES string of the molecule is [2H]c1c([2H])c([2H])c(-c2c([2H])c([2H])c([2H])c(-c3cccc4oc5c6ccccc6c(-c6ccc(N(c7ccccc7)c7ccc(-c8ccccc8)cc7)cc6)cc5c34)c2[2H])c([2H])c1[2H]. The van der Waals surface area contributed by atoms with Crippen molar-refractivity contribution in [2.75, 3.05) is 4.90 Å². The molecule has 0 aliphatic heterocycles. The quantitative estimate of drug-likeness (QED) is 0.165. The molecule has 2 nitrogen and oxygen atoms in total. The third-order valence-corrected chi connectivity index (χ3v) is 9.83. The van der Waals surface area contributed by atoms with Gasteiger partial charge in [-0.3, -0.25) is 0 Å². The van der Waals surface area contributed by atoms with Gasteiger partial charge in [-0.1, -0.05) is 158 Å². The first-order valence-electron chi connectivity index (χ1n) is 22.2. The summed E-state index contributed by atoms with van der Waals surface area (Å²) in [6.07, 6.45) is 0. The van der Waals surface area contributed by atoms with Crippen LogP contribution in [0.4, 0.5) is 17.1 Å². The molecule has 0 unspecified atom stereocenters. The summed E-state index contributed by atoms with van der Waals surface area (Å²) in [5.41, 5.74) is 7.87. The van der Waals surface area contributed by atoms with Gasteiger partial charge < -0.3 is 9.32 Å². The molecule has 1 aromatic heterocycles. The summed E-state index contributed by atoms with van der Waals surface area (Å²) in [4.78, 5) is 2.22. The van der Waals surface area contributed by atoms with Crippen LogP contribution < -0.4 is 4.90 Å². The van der Waals surface area contributed by atoms with E-state index in [0.717, 1.165) is 50.1 Å². The van der Waals surface area contributed by atoms with Crippen molar-refractivity contribution in [3.05, 3.63) is 212 Å². The Labute approximate surface area is 327 Å². The van der Waals surface area contributed by atoms with E-state index in [-0.39, 0.29) is 16.7 Å². The molecule has 0 aliphatic carbocycles. The summed E-state index contributed by atoms with van der Waals surface area (Å²) in [5, 5.41) is 3.08. The van der Waals surface area contributed by atoms with Crippen LogP contribution in [0.5, 0.6) is 0 Å². The van der Waals surface area contributed by atoms with Crippen LogP contribution in [0.15, 0.2) is 217 Å². The van der Waals surface area contributed by atoms with Crippen LogP contribution in [0.25, 0.3) is 77.2 Å². The van der Waals surface area contributed by atoms with Crippen molar-refractivity contribution in [2.24, 2.45) is 0 Å². The number of anilines is 3. The molecule has 0 aliphatic rings. The third kappa shape index (κ3) is 5.62. The summed E-state index contributed by atoms with van der Waals surface area (Å²) in [6, 6.07) is 47.8. The fraction of sp³-hybridized carbons (Fsp3) is 0. The molecule has 254 valence electrons. The standard InChI is InChI=1S/C52H35NO/c1-4-14-36(15-5-1)38-26-30-43(31-27-38)53(42-20-8-3-9-21-42)44-32-28-39(29-33-44)48-35-49-51-45(41-19-12-18-40(34-41)37-16-6-2-7-17-37)24-13-25-50(51)54-52(49)47-23-11-10-22-46(47)48/h1-35H/i2D,6D,7D,12D,16D,17D,18D,19D,34D. The van der Waals surface area contributed by atoms with Gasteiger partial charge in [-0.25, -0.2) is 0 Å². The van der Waals surface area contributed by atoms with Gasteiger partial charge in [0.25, 0.3) is 0 Å². The predicted molar refractivity (Wildman–Crippen MR) is 228 cm³/mol. The molecule has 2 heteroatoms. The highest BCUT2D eigenvalue weighted by Gasteiger charge is 2.19. The lowest BCUT2D eigenvalue weighted by Gasteiger charge is -2.26.